The fraction of sp³-hybridized carbons (Fsp3) is 0.655. The zero-order chi connectivity index (χ0) is 29.2. The van der Waals surface area contributed by atoms with E-state index in [0.29, 0.717) is 54.5 Å². The molecule has 1 saturated heterocycles. The number of ether oxygens (including phenoxy) is 1. The van der Waals surface area contributed by atoms with Crippen molar-refractivity contribution in [2.75, 3.05) is 18.1 Å². The fourth-order valence-electron chi connectivity index (χ4n) is 5.03. The summed E-state index contributed by atoms with van der Waals surface area (Å²) in [6, 6.07) is -0.702. The van der Waals surface area contributed by atoms with Gasteiger partial charge in [-0.25, -0.2) is 9.78 Å². The van der Waals surface area contributed by atoms with Crippen LogP contribution in [0.5, 0.6) is 0 Å². The quantitative estimate of drug-likeness (QED) is 0.223. The summed E-state index contributed by atoms with van der Waals surface area (Å²) in [6.45, 7) is 4.71. The van der Waals surface area contributed by atoms with E-state index in [-0.39, 0.29) is 29.9 Å². The largest absolute Gasteiger partial charge is 0.456 e. The van der Waals surface area contributed by atoms with E-state index in [1.54, 1.807) is 11.0 Å². The number of thioether (sulfide) groups is 2. The van der Waals surface area contributed by atoms with E-state index in [1.165, 1.54) is 54.1 Å². The van der Waals surface area contributed by atoms with Gasteiger partial charge < -0.3 is 15.0 Å². The van der Waals surface area contributed by atoms with Gasteiger partial charge in [-0.1, -0.05) is 50.4 Å². The van der Waals surface area contributed by atoms with Crippen LogP contribution in [0.1, 0.15) is 88.8 Å². The molecule has 0 aromatic carbocycles. The van der Waals surface area contributed by atoms with Crippen molar-refractivity contribution < 1.29 is 23.9 Å². The Bertz CT molecular complexity index is 1170. The van der Waals surface area contributed by atoms with Crippen molar-refractivity contribution in [3.05, 3.63) is 28.2 Å². The van der Waals surface area contributed by atoms with Crippen LogP contribution in [0.25, 0.3) is 0 Å². The van der Waals surface area contributed by atoms with Gasteiger partial charge in [-0.2, -0.15) is 0 Å². The Morgan fingerprint density at radius 3 is 2.93 bits per heavy atom. The highest BCUT2D eigenvalue weighted by Gasteiger charge is 2.46. The van der Waals surface area contributed by atoms with Gasteiger partial charge in [0.1, 0.15) is 33.4 Å². The van der Waals surface area contributed by atoms with E-state index in [9.17, 15) is 19.2 Å². The number of carbonyl (C=O) groups excluding carboxylic acids is 4. The first kappa shape index (κ1) is 31.7. The minimum Gasteiger partial charge on any atom is -0.456 e. The Morgan fingerprint density at radius 2 is 2.10 bits per heavy atom. The van der Waals surface area contributed by atoms with Gasteiger partial charge in [-0.05, 0) is 38.7 Å². The number of nitrogens with zero attached hydrogens (tertiary/aromatic N) is 3. The first-order valence-corrected chi connectivity index (χ1v) is 17.4. The van der Waals surface area contributed by atoms with Crippen molar-refractivity contribution in [1.82, 2.24) is 15.2 Å². The number of unbranched alkanes of at least 4 members (excludes halogenated alkanes) is 4. The van der Waals surface area contributed by atoms with Gasteiger partial charge >= 0.3 is 5.97 Å². The SMILES string of the molecule is CCCCCCCC(=O)SCCC=C[C@@H]1CC(=O)NCc2nc(cs2)C2=N[C@@](C)(CS2)C(=O)N2CCCC2C(=O)O1. The van der Waals surface area contributed by atoms with Gasteiger partial charge in [0.15, 0.2) is 5.12 Å². The molecule has 4 rings (SSSR count). The van der Waals surface area contributed by atoms with Crippen LogP contribution in [-0.4, -0.2) is 73.6 Å². The normalized spacial score (nSPS) is 25.3. The van der Waals surface area contributed by atoms with Crippen molar-refractivity contribution in [2.45, 2.75) is 102 Å². The molecular weight excluding hydrogens is 581 g/mol. The lowest BCUT2D eigenvalue weighted by molar-refractivity contribution is -0.157. The summed E-state index contributed by atoms with van der Waals surface area (Å²) in [7, 11) is 0. The summed E-state index contributed by atoms with van der Waals surface area (Å²) in [4.78, 5) is 62.9. The number of rotatable bonds is 10. The summed E-state index contributed by atoms with van der Waals surface area (Å²) < 4.78 is 5.83. The highest BCUT2D eigenvalue weighted by molar-refractivity contribution is 8.14. The van der Waals surface area contributed by atoms with Gasteiger partial charge in [0.25, 0.3) is 5.91 Å². The highest BCUT2D eigenvalue weighted by Crippen LogP contribution is 2.35. The number of cyclic esters (lactones) is 1. The van der Waals surface area contributed by atoms with Crippen molar-refractivity contribution in [3.63, 3.8) is 0 Å². The number of allylic oxidation sites excluding steroid dienone is 1. The third-order valence-corrected chi connectivity index (χ3v) is 10.4. The molecule has 1 aromatic rings. The zero-order valence-corrected chi connectivity index (χ0v) is 26.3. The molecule has 1 unspecified atom stereocenters. The molecule has 41 heavy (non-hydrogen) atoms. The molecular formula is C29H40N4O5S3. The monoisotopic (exact) mass is 620 g/mol. The lowest BCUT2D eigenvalue weighted by Gasteiger charge is -2.30. The van der Waals surface area contributed by atoms with Crippen LogP contribution in [0.4, 0.5) is 0 Å². The van der Waals surface area contributed by atoms with Crippen molar-refractivity contribution in [1.29, 1.82) is 0 Å². The molecule has 3 atom stereocenters. The summed E-state index contributed by atoms with van der Waals surface area (Å²) in [5.41, 5.74) is -0.263. The van der Waals surface area contributed by atoms with Crippen LogP contribution in [0.15, 0.2) is 22.5 Å². The lowest BCUT2D eigenvalue weighted by Crippen LogP contribution is -2.51. The van der Waals surface area contributed by atoms with E-state index in [4.69, 9.17) is 9.73 Å². The van der Waals surface area contributed by atoms with Crippen LogP contribution >= 0.6 is 34.9 Å². The van der Waals surface area contributed by atoms with Gasteiger partial charge in [0, 0.05) is 29.9 Å². The third kappa shape index (κ3) is 8.90. The minimum absolute atomic E-state index is 0.0365. The molecule has 1 N–H and O–H groups in total. The second-order valence-electron chi connectivity index (χ2n) is 10.8. The molecule has 1 fully saturated rings. The van der Waals surface area contributed by atoms with E-state index in [0.717, 1.165) is 17.8 Å². The second-order valence-corrected chi connectivity index (χ2v) is 13.9. The van der Waals surface area contributed by atoms with Crippen LogP contribution in [-0.2, 0) is 30.5 Å². The molecule has 2 amide bonds. The number of hydrogen-bond acceptors (Lipinski definition) is 10. The predicted molar refractivity (Wildman–Crippen MR) is 165 cm³/mol. The summed E-state index contributed by atoms with van der Waals surface area (Å²) in [5.74, 6) is 0.169. The van der Waals surface area contributed by atoms with E-state index >= 15 is 0 Å². The highest BCUT2D eigenvalue weighted by atomic mass is 32.2. The molecule has 1 aromatic heterocycles. The number of aromatic nitrogens is 1. The molecule has 224 valence electrons. The molecule has 12 heteroatoms. The number of carbonyl (C=O) groups is 4. The Balaban J connectivity index is 1.40. The van der Waals surface area contributed by atoms with Crippen molar-refractivity contribution in [3.8, 4) is 0 Å². The van der Waals surface area contributed by atoms with Crippen molar-refractivity contribution >= 4 is 62.8 Å². The summed E-state index contributed by atoms with van der Waals surface area (Å²) in [6.07, 6.45) is 10.8. The average Bonchev–Trinajstić information content (AvgIpc) is 3.71. The van der Waals surface area contributed by atoms with Crippen LogP contribution in [0.3, 0.4) is 0 Å². The van der Waals surface area contributed by atoms with E-state index in [2.05, 4.69) is 17.2 Å². The van der Waals surface area contributed by atoms with Gasteiger partial charge in [-0.3, -0.25) is 19.4 Å². The summed E-state index contributed by atoms with van der Waals surface area (Å²) in [5, 5.41) is 6.42. The lowest BCUT2D eigenvalue weighted by atomic mass is 10.0. The first-order valence-electron chi connectivity index (χ1n) is 14.6. The van der Waals surface area contributed by atoms with Gasteiger partial charge in [0.05, 0.1) is 13.0 Å². The van der Waals surface area contributed by atoms with Gasteiger partial charge in [-0.15, -0.1) is 23.1 Å². The number of nitrogens with one attached hydrogen (secondary N) is 1. The topological polar surface area (TPSA) is 118 Å². The van der Waals surface area contributed by atoms with Crippen LogP contribution in [0, 0.1) is 0 Å². The average molecular weight is 621 g/mol. The number of fused-ring (bicyclic) bond motifs is 5. The first-order chi connectivity index (χ1) is 19.8. The molecule has 4 heterocycles. The number of aliphatic imine (C=N–C) groups is 1. The second kappa shape index (κ2) is 15.3. The maximum Gasteiger partial charge on any atom is 0.329 e. The zero-order valence-electron chi connectivity index (χ0n) is 23.9. The molecule has 0 radical (unpaired) electrons. The molecule has 3 aliphatic rings. The molecule has 0 spiro atoms. The predicted octanol–water partition coefficient (Wildman–Crippen LogP) is 4.88. The molecule has 3 aliphatic heterocycles. The third-order valence-electron chi connectivity index (χ3n) is 7.33. The Kier molecular flexibility index (Phi) is 11.9. The number of amides is 2. The number of hydrogen-bond donors (Lipinski definition) is 1. The van der Waals surface area contributed by atoms with Crippen LogP contribution in [0.2, 0.25) is 0 Å². The maximum atomic E-state index is 13.6. The minimum atomic E-state index is -0.970. The number of esters is 1. The number of thiazole rings is 1. The van der Waals surface area contributed by atoms with E-state index in [1.807, 2.05) is 18.4 Å². The van der Waals surface area contributed by atoms with Crippen molar-refractivity contribution in [2.24, 2.45) is 4.99 Å². The smallest absolute Gasteiger partial charge is 0.329 e. The Morgan fingerprint density at radius 1 is 1.27 bits per heavy atom. The molecule has 9 nitrogen and oxygen atoms in total. The maximum absolute atomic E-state index is 13.6. The Labute approximate surface area is 254 Å². The molecule has 0 saturated carbocycles. The summed E-state index contributed by atoms with van der Waals surface area (Å²) >= 11 is 4.24. The molecule has 4 bridgehead atoms. The van der Waals surface area contributed by atoms with Crippen LogP contribution < -0.4 is 5.32 Å². The Hall–Kier alpha value is -2.18. The standard InChI is InChI=1S/C29H40N4O5S3/c1-3-4-5-6-7-13-25(35)39-15-9-8-11-20-16-23(34)30-17-24-31-21(18-40-24)26-32-29(2,19-41-26)28(37)33-14-10-12-22(33)27(36)38-20/h8,11,18,20,22H,3-7,9-10,12-17,19H2,1-2H3,(H,30,34)/t20-,22?,29+/m1/s1. The van der Waals surface area contributed by atoms with Gasteiger partial charge in [0.2, 0.25) is 5.91 Å². The van der Waals surface area contributed by atoms with E-state index < -0.39 is 23.7 Å². The molecule has 0 aliphatic carbocycles. The fourth-order valence-corrected chi connectivity index (χ4v) is 7.72.